The number of non-ortho nitro benzene ring substituents is 1. The van der Waals surface area contributed by atoms with Gasteiger partial charge in [-0.2, -0.15) is 11.8 Å². The highest BCUT2D eigenvalue weighted by Crippen LogP contribution is 2.24. The van der Waals surface area contributed by atoms with Gasteiger partial charge in [-0.3, -0.25) is 19.2 Å². The van der Waals surface area contributed by atoms with E-state index in [0.29, 0.717) is 13.0 Å². The van der Waals surface area contributed by atoms with E-state index in [0.717, 1.165) is 16.3 Å². The van der Waals surface area contributed by atoms with E-state index < -0.39 is 14.9 Å². The van der Waals surface area contributed by atoms with E-state index in [4.69, 9.17) is 0 Å². The van der Waals surface area contributed by atoms with E-state index >= 15 is 0 Å². The second-order valence-corrected chi connectivity index (χ2v) is 10.9. The lowest BCUT2D eigenvalue weighted by Crippen LogP contribution is -2.32. The van der Waals surface area contributed by atoms with Crippen LogP contribution in [0.5, 0.6) is 0 Å². The molecular weight excluding hydrogens is 390 g/mol. The van der Waals surface area contributed by atoms with E-state index in [1.165, 1.54) is 24.3 Å². The van der Waals surface area contributed by atoms with Gasteiger partial charge in [0.2, 0.25) is 15.9 Å². The molecule has 1 rings (SSSR count). The van der Waals surface area contributed by atoms with Crippen molar-refractivity contribution in [1.82, 2.24) is 5.32 Å². The quantitative estimate of drug-likeness (QED) is 0.356. The maximum Gasteiger partial charge on any atom is 0.271 e. The Morgan fingerprint density at radius 1 is 1.33 bits per heavy atom. The van der Waals surface area contributed by atoms with E-state index in [9.17, 15) is 23.3 Å². The first-order chi connectivity index (χ1) is 12.4. The van der Waals surface area contributed by atoms with Crippen LogP contribution in [-0.4, -0.2) is 49.1 Å². The maximum absolute atomic E-state index is 12.0. The van der Waals surface area contributed by atoms with Crippen molar-refractivity contribution in [2.45, 2.75) is 38.4 Å². The molecule has 27 heavy (non-hydrogen) atoms. The number of nitrogens with one attached hydrogen (secondary N) is 1. The van der Waals surface area contributed by atoms with Gasteiger partial charge in [-0.05, 0) is 12.5 Å². The Balaban J connectivity index is 2.59. The molecule has 0 saturated heterocycles. The smallest absolute Gasteiger partial charge is 0.271 e. The number of nitro groups is 1. The van der Waals surface area contributed by atoms with Gasteiger partial charge < -0.3 is 5.32 Å². The standard InChI is InChI=1S/C17H27N3O5S2/c1-17(2,3)26-12-10-18-16(21)9-6-11-19(27(4,24)25)14-7-5-8-15(13-14)20(22)23/h5,7-8,13H,6,9-12H2,1-4H3,(H,18,21). The van der Waals surface area contributed by atoms with Crippen LogP contribution in [0.1, 0.15) is 33.6 Å². The molecule has 0 aliphatic heterocycles. The minimum Gasteiger partial charge on any atom is -0.355 e. The summed E-state index contributed by atoms with van der Waals surface area (Å²) in [7, 11) is -3.62. The highest BCUT2D eigenvalue weighted by atomic mass is 32.2. The molecule has 1 amide bonds. The van der Waals surface area contributed by atoms with Crippen molar-refractivity contribution in [3.63, 3.8) is 0 Å². The highest BCUT2D eigenvalue weighted by molar-refractivity contribution is 8.00. The monoisotopic (exact) mass is 417 g/mol. The summed E-state index contributed by atoms with van der Waals surface area (Å²) in [5.41, 5.74) is 0.0314. The molecule has 0 heterocycles. The number of nitro benzene ring substituents is 1. The van der Waals surface area contributed by atoms with Crippen LogP contribution >= 0.6 is 11.8 Å². The van der Waals surface area contributed by atoms with Gasteiger partial charge in [0.25, 0.3) is 5.69 Å². The molecule has 0 atom stereocenters. The van der Waals surface area contributed by atoms with Crippen LogP contribution in [0.15, 0.2) is 24.3 Å². The van der Waals surface area contributed by atoms with Crippen molar-refractivity contribution in [1.29, 1.82) is 0 Å². The lowest BCUT2D eigenvalue weighted by Gasteiger charge is -2.22. The molecule has 0 spiro atoms. The summed E-state index contributed by atoms with van der Waals surface area (Å²) in [5.74, 6) is 0.662. The van der Waals surface area contributed by atoms with Crippen LogP contribution in [0.4, 0.5) is 11.4 Å². The molecule has 0 aliphatic rings. The molecular formula is C17H27N3O5S2. The highest BCUT2D eigenvalue weighted by Gasteiger charge is 2.20. The lowest BCUT2D eigenvalue weighted by atomic mass is 10.2. The van der Waals surface area contributed by atoms with E-state index in [1.807, 2.05) is 0 Å². The first-order valence-electron chi connectivity index (χ1n) is 8.53. The van der Waals surface area contributed by atoms with Crippen molar-refractivity contribution >= 4 is 39.1 Å². The molecule has 0 radical (unpaired) electrons. The summed E-state index contributed by atoms with van der Waals surface area (Å²) in [6.07, 6.45) is 1.53. The summed E-state index contributed by atoms with van der Waals surface area (Å²) in [4.78, 5) is 22.2. The molecule has 1 aromatic rings. The molecule has 10 heteroatoms. The van der Waals surface area contributed by atoms with Crippen molar-refractivity contribution in [3.05, 3.63) is 34.4 Å². The average Bonchev–Trinajstić information content (AvgIpc) is 2.53. The largest absolute Gasteiger partial charge is 0.355 e. The van der Waals surface area contributed by atoms with Gasteiger partial charge in [0.15, 0.2) is 0 Å². The Labute approximate surface area is 164 Å². The predicted octanol–water partition coefficient (Wildman–Crippen LogP) is 2.79. The van der Waals surface area contributed by atoms with Crippen molar-refractivity contribution < 1.29 is 18.1 Å². The van der Waals surface area contributed by atoms with E-state index in [2.05, 4.69) is 26.1 Å². The molecule has 0 unspecified atom stereocenters. The van der Waals surface area contributed by atoms with Crippen LogP contribution in [-0.2, 0) is 14.8 Å². The van der Waals surface area contributed by atoms with Crippen LogP contribution < -0.4 is 9.62 Å². The first kappa shape index (κ1) is 23.2. The summed E-state index contributed by atoms with van der Waals surface area (Å²) in [5, 5.41) is 13.7. The summed E-state index contributed by atoms with van der Waals surface area (Å²) in [6, 6.07) is 5.45. The third-order valence-corrected chi connectivity index (χ3v) is 5.92. The van der Waals surface area contributed by atoms with Gasteiger partial charge >= 0.3 is 0 Å². The van der Waals surface area contributed by atoms with Crippen LogP contribution in [0, 0.1) is 10.1 Å². The Morgan fingerprint density at radius 3 is 2.56 bits per heavy atom. The molecule has 0 fully saturated rings. The number of anilines is 1. The van der Waals surface area contributed by atoms with Crippen LogP contribution in [0.25, 0.3) is 0 Å². The lowest BCUT2D eigenvalue weighted by molar-refractivity contribution is -0.384. The fourth-order valence-electron chi connectivity index (χ4n) is 2.27. The molecule has 0 aliphatic carbocycles. The van der Waals surface area contributed by atoms with Crippen molar-refractivity contribution in [2.75, 3.05) is 29.4 Å². The van der Waals surface area contributed by atoms with Crippen LogP contribution in [0.3, 0.4) is 0 Å². The molecule has 8 nitrogen and oxygen atoms in total. The topological polar surface area (TPSA) is 110 Å². The number of hydrogen-bond acceptors (Lipinski definition) is 6. The van der Waals surface area contributed by atoms with E-state index in [1.54, 1.807) is 11.8 Å². The fourth-order valence-corrected chi connectivity index (χ4v) is 4.04. The maximum atomic E-state index is 12.0. The normalized spacial score (nSPS) is 11.9. The van der Waals surface area contributed by atoms with Gasteiger partial charge in [0.1, 0.15) is 0 Å². The number of nitrogens with zero attached hydrogens (tertiary/aromatic N) is 2. The van der Waals surface area contributed by atoms with Gasteiger partial charge in [-0.15, -0.1) is 0 Å². The number of carbonyl (C=O) groups is 1. The zero-order valence-electron chi connectivity index (χ0n) is 16.1. The Kier molecular flexibility index (Phi) is 8.55. The second-order valence-electron chi connectivity index (χ2n) is 7.03. The molecule has 0 aromatic heterocycles. The molecule has 0 saturated carbocycles. The molecule has 1 aromatic carbocycles. The van der Waals surface area contributed by atoms with Crippen molar-refractivity contribution in [2.24, 2.45) is 0 Å². The van der Waals surface area contributed by atoms with Gasteiger partial charge in [-0.25, -0.2) is 8.42 Å². The fraction of sp³-hybridized carbons (Fsp3) is 0.588. The Hall–Kier alpha value is -1.81. The SMILES string of the molecule is CC(C)(C)SCCNC(=O)CCCN(c1cccc([N+](=O)[O-])c1)S(C)(=O)=O. The van der Waals surface area contributed by atoms with Gasteiger partial charge in [-0.1, -0.05) is 26.8 Å². The minimum atomic E-state index is -3.62. The number of thioether (sulfide) groups is 1. The average molecular weight is 418 g/mol. The zero-order valence-corrected chi connectivity index (χ0v) is 17.7. The third-order valence-electron chi connectivity index (χ3n) is 3.45. The van der Waals surface area contributed by atoms with Crippen molar-refractivity contribution in [3.8, 4) is 0 Å². The summed E-state index contributed by atoms with van der Waals surface area (Å²) in [6.45, 7) is 6.94. The number of sulfonamides is 1. The number of carbonyl (C=O) groups excluding carboxylic acids is 1. The van der Waals surface area contributed by atoms with E-state index in [-0.39, 0.29) is 35.0 Å². The molecule has 152 valence electrons. The zero-order chi connectivity index (χ0) is 20.7. The van der Waals surface area contributed by atoms with Gasteiger partial charge in [0.05, 0.1) is 16.9 Å². The Morgan fingerprint density at radius 2 is 2.00 bits per heavy atom. The summed E-state index contributed by atoms with van der Waals surface area (Å²) < 4.78 is 25.3. The third kappa shape index (κ3) is 9.09. The summed E-state index contributed by atoms with van der Waals surface area (Å²) >= 11 is 1.75. The molecule has 1 N–H and O–H groups in total. The second kappa shape index (κ2) is 9.93. The number of benzene rings is 1. The first-order valence-corrected chi connectivity index (χ1v) is 11.4. The number of amides is 1. The van der Waals surface area contributed by atoms with Gasteiger partial charge in [0, 0.05) is 42.1 Å². The Bertz CT molecular complexity index is 760. The van der Waals surface area contributed by atoms with Crippen LogP contribution in [0.2, 0.25) is 0 Å². The number of hydrogen-bond donors (Lipinski definition) is 1. The number of rotatable bonds is 10. The minimum absolute atomic E-state index is 0.0736. The molecule has 0 bridgehead atoms. The predicted molar refractivity (Wildman–Crippen MR) is 110 cm³/mol.